The van der Waals surface area contributed by atoms with E-state index in [1.807, 2.05) is 0 Å². The van der Waals surface area contributed by atoms with Crippen LogP contribution in [0.5, 0.6) is 0 Å². The van der Waals surface area contributed by atoms with E-state index in [-0.39, 0.29) is 0 Å². The van der Waals surface area contributed by atoms with Gasteiger partial charge in [0.15, 0.2) is 0 Å². The maximum Gasteiger partial charge on any atom is 0.334 e. The van der Waals surface area contributed by atoms with Gasteiger partial charge in [-0.3, -0.25) is 19.5 Å². The van der Waals surface area contributed by atoms with E-state index in [4.69, 9.17) is 5.11 Å². The molecule has 0 saturated heterocycles. The van der Waals surface area contributed by atoms with Crippen molar-refractivity contribution in [2.45, 2.75) is 25.3 Å². The Kier molecular flexibility index (Phi) is 3.14. The Labute approximate surface area is 102 Å². The van der Waals surface area contributed by atoms with Crippen molar-refractivity contribution in [3.63, 3.8) is 0 Å². The second-order valence-electron chi connectivity index (χ2n) is 4.40. The Morgan fingerprint density at radius 2 is 2.28 bits per heavy atom. The number of hydrogen-bond acceptors (Lipinski definition) is 4. The van der Waals surface area contributed by atoms with Gasteiger partial charge in [-0.25, -0.2) is 4.79 Å². The summed E-state index contributed by atoms with van der Waals surface area (Å²) in [6.07, 6.45) is 3.54. The number of pyridine rings is 1. The summed E-state index contributed by atoms with van der Waals surface area (Å²) in [6, 6.07) is 1.38. The highest BCUT2D eigenvalue weighted by molar-refractivity contribution is 5.72. The maximum atomic E-state index is 11.8. The van der Waals surface area contributed by atoms with Crippen LogP contribution in [0.25, 0.3) is 0 Å². The van der Waals surface area contributed by atoms with E-state index in [0.717, 1.165) is 23.5 Å². The number of carboxylic acids is 1. The van der Waals surface area contributed by atoms with Gasteiger partial charge in [-0.1, -0.05) is 12.8 Å². The molecule has 0 amide bonds. The van der Waals surface area contributed by atoms with Crippen LogP contribution in [-0.2, 0) is 4.79 Å². The summed E-state index contributed by atoms with van der Waals surface area (Å²) >= 11 is 0. The predicted octanol–water partition coefficient (Wildman–Crippen LogP) is 1.18. The largest absolute Gasteiger partial charge is 0.480 e. The zero-order valence-corrected chi connectivity index (χ0v) is 9.48. The van der Waals surface area contributed by atoms with Crippen molar-refractivity contribution in [1.29, 1.82) is 0 Å². The van der Waals surface area contributed by atoms with E-state index >= 15 is 0 Å². The molecule has 2 rings (SSSR count). The lowest BCUT2D eigenvalue weighted by Gasteiger charge is -2.14. The molecule has 0 aliphatic heterocycles. The minimum atomic E-state index is -1.13. The van der Waals surface area contributed by atoms with Gasteiger partial charge in [0.25, 0.3) is 0 Å². The molecule has 0 bridgehead atoms. The zero-order valence-electron chi connectivity index (χ0n) is 9.48. The first-order chi connectivity index (χ1) is 8.50. The van der Waals surface area contributed by atoms with Crippen LogP contribution in [0.2, 0.25) is 0 Å². The third kappa shape index (κ3) is 2.39. The summed E-state index contributed by atoms with van der Waals surface area (Å²) in [5, 5.41) is 19.8. The molecular weight excluding hydrogens is 240 g/mol. The van der Waals surface area contributed by atoms with Crippen molar-refractivity contribution in [3.05, 3.63) is 38.8 Å². The molecule has 1 saturated carbocycles. The molecule has 7 heteroatoms. The molecule has 1 fully saturated rings. The summed E-state index contributed by atoms with van der Waals surface area (Å²) in [6.45, 7) is 0. The number of aliphatic carboxylic acids is 1. The van der Waals surface area contributed by atoms with Gasteiger partial charge in [0.05, 0.1) is 4.92 Å². The highest BCUT2D eigenvalue weighted by atomic mass is 16.6. The maximum absolute atomic E-state index is 11.8. The van der Waals surface area contributed by atoms with Gasteiger partial charge in [-0.2, -0.15) is 0 Å². The van der Waals surface area contributed by atoms with Crippen molar-refractivity contribution in [1.82, 2.24) is 4.57 Å². The molecule has 1 heterocycles. The second kappa shape index (κ2) is 4.59. The normalized spacial score (nSPS) is 16.2. The van der Waals surface area contributed by atoms with E-state index in [1.165, 1.54) is 12.3 Å². The van der Waals surface area contributed by atoms with E-state index in [1.54, 1.807) is 0 Å². The zero-order chi connectivity index (χ0) is 13.3. The van der Waals surface area contributed by atoms with Gasteiger partial charge in [-0.15, -0.1) is 0 Å². The van der Waals surface area contributed by atoms with Crippen molar-refractivity contribution < 1.29 is 14.8 Å². The Bertz CT molecular complexity index is 547. The number of nitrogens with zero attached hydrogens (tertiary/aromatic N) is 2. The topological polar surface area (TPSA) is 102 Å². The van der Waals surface area contributed by atoms with Crippen molar-refractivity contribution in [3.8, 4) is 0 Å². The molecule has 0 spiro atoms. The molecule has 1 N–H and O–H groups in total. The number of aromatic nitrogens is 1. The van der Waals surface area contributed by atoms with Crippen LogP contribution in [0.1, 0.15) is 25.3 Å². The van der Waals surface area contributed by atoms with E-state index in [0.29, 0.717) is 12.3 Å². The molecule has 1 atom stereocenters. The number of carboxylic acid groups (broad SMARTS) is 1. The first kappa shape index (κ1) is 12.3. The molecular formula is C11H12N2O5. The highest BCUT2D eigenvalue weighted by Crippen LogP contribution is 2.36. The third-order valence-corrected chi connectivity index (χ3v) is 3.03. The van der Waals surface area contributed by atoms with Crippen LogP contribution in [0.15, 0.2) is 23.1 Å². The monoisotopic (exact) mass is 252 g/mol. The molecule has 1 aliphatic rings. The quantitative estimate of drug-likeness (QED) is 0.626. The summed E-state index contributed by atoms with van der Waals surface area (Å²) in [4.78, 5) is 32.8. The standard InChI is InChI=1S/C11H12N2O5/c14-10-8(13(17)18)2-1-5-12(10)9(11(15)16)6-7-3-4-7/h1-2,5,7,9H,3-4,6H2,(H,15,16). The van der Waals surface area contributed by atoms with Crippen LogP contribution in [0, 0.1) is 16.0 Å². The number of hydrogen-bond donors (Lipinski definition) is 1. The van der Waals surface area contributed by atoms with Crippen LogP contribution in [0.3, 0.4) is 0 Å². The highest BCUT2D eigenvalue weighted by Gasteiger charge is 2.32. The number of carbonyl (C=O) groups is 1. The van der Waals surface area contributed by atoms with Gasteiger partial charge in [-0.05, 0) is 18.4 Å². The molecule has 96 valence electrons. The fourth-order valence-electron chi connectivity index (χ4n) is 1.89. The number of nitro groups is 1. The minimum absolute atomic E-state index is 0.303. The van der Waals surface area contributed by atoms with Crippen molar-refractivity contribution in [2.75, 3.05) is 0 Å². The fourth-order valence-corrected chi connectivity index (χ4v) is 1.89. The summed E-state index contributed by atoms with van der Waals surface area (Å²) < 4.78 is 0.943. The Morgan fingerprint density at radius 3 is 2.78 bits per heavy atom. The van der Waals surface area contributed by atoms with Gasteiger partial charge in [0.1, 0.15) is 6.04 Å². The van der Waals surface area contributed by atoms with Gasteiger partial charge in [0.2, 0.25) is 0 Å². The predicted molar refractivity (Wildman–Crippen MR) is 61.4 cm³/mol. The van der Waals surface area contributed by atoms with Crippen molar-refractivity contribution >= 4 is 11.7 Å². The summed E-state index contributed by atoms with van der Waals surface area (Å²) in [5.74, 6) is -0.832. The Balaban J connectivity index is 2.40. The lowest BCUT2D eigenvalue weighted by molar-refractivity contribution is -0.386. The molecule has 1 aromatic heterocycles. The molecule has 0 radical (unpaired) electrons. The minimum Gasteiger partial charge on any atom is -0.480 e. The second-order valence-corrected chi connectivity index (χ2v) is 4.40. The molecule has 18 heavy (non-hydrogen) atoms. The number of rotatable bonds is 5. The molecule has 1 aromatic rings. The van der Waals surface area contributed by atoms with Gasteiger partial charge in [0, 0.05) is 12.3 Å². The lowest BCUT2D eigenvalue weighted by Crippen LogP contribution is -2.30. The smallest absolute Gasteiger partial charge is 0.334 e. The summed E-state index contributed by atoms with van der Waals surface area (Å²) in [7, 11) is 0. The Morgan fingerprint density at radius 1 is 1.61 bits per heavy atom. The summed E-state index contributed by atoms with van der Waals surface area (Å²) in [5.41, 5.74) is -1.46. The van der Waals surface area contributed by atoms with E-state index in [9.17, 15) is 19.7 Å². The van der Waals surface area contributed by atoms with Crippen LogP contribution >= 0.6 is 0 Å². The first-order valence-electron chi connectivity index (χ1n) is 5.59. The average molecular weight is 252 g/mol. The Hall–Kier alpha value is -2.18. The van der Waals surface area contributed by atoms with Gasteiger partial charge < -0.3 is 5.11 Å². The fraction of sp³-hybridized carbons (Fsp3) is 0.455. The van der Waals surface area contributed by atoms with Crippen LogP contribution < -0.4 is 5.56 Å². The lowest BCUT2D eigenvalue weighted by atomic mass is 10.1. The third-order valence-electron chi connectivity index (χ3n) is 3.03. The van der Waals surface area contributed by atoms with E-state index in [2.05, 4.69) is 0 Å². The van der Waals surface area contributed by atoms with Gasteiger partial charge >= 0.3 is 17.2 Å². The van der Waals surface area contributed by atoms with E-state index < -0.39 is 28.2 Å². The molecule has 1 unspecified atom stereocenters. The molecule has 7 nitrogen and oxygen atoms in total. The molecule has 0 aromatic carbocycles. The van der Waals surface area contributed by atoms with Crippen molar-refractivity contribution in [2.24, 2.45) is 5.92 Å². The molecule has 1 aliphatic carbocycles. The van der Waals surface area contributed by atoms with Crippen LogP contribution in [-0.4, -0.2) is 20.6 Å². The average Bonchev–Trinajstić information content (AvgIpc) is 3.10. The van der Waals surface area contributed by atoms with Crippen LogP contribution in [0.4, 0.5) is 5.69 Å². The SMILES string of the molecule is O=C(O)C(CC1CC1)n1cccc([N+](=O)[O-])c1=O. The first-order valence-corrected chi connectivity index (χ1v) is 5.59.